The Morgan fingerprint density at radius 1 is 1.54 bits per heavy atom. The van der Waals surface area contributed by atoms with E-state index in [9.17, 15) is 18.0 Å². The molecule has 3 nitrogen and oxygen atoms in total. The van der Waals surface area contributed by atoms with Crippen LogP contribution in [0.25, 0.3) is 0 Å². The fourth-order valence-electron chi connectivity index (χ4n) is 0.704. The quantitative estimate of drug-likeness (QED) is 0.686. The first-order valence-corrected chi connectivity index (χ1v) is 3.46. The second-order valence-electron chi connectivity index (χ2n) is 2.55. The zero-order valence-electron chi connectivity index (χ0n) is 7.01. The Labute approximate surface area is 73.5 Å². The number of likely N-dealkylation sites (N-methyl/N-ethyl adjacent to an activating group) is 1. The summed E-state index contributed by atoms with van der Waals surface area (Å²) in [4.78, 5) is 10.9. The van der Waals surface area contributed by atoms with Crippen molar-refractivity contribution in [1.82, 2.24) is 4.90 Å². The molecule has 13 heavy (non-hydrogen) atoms. The Kier molecular flexibility index (Phi) is 4.47. The standard InChI is InChI=1S/C7H10F3NO2/c1-11(5-7(8,9)10)4-2-3-6(12)13/h2-3H,4-5H2,1H3,(H,12,13)/b3-2-. The maximum atomic E-state index is 11.7. The first-order chi connectivity index (χ1) is 5.81. The summed E-state index contributed by atoms with van der Waals surface area (Å²) in [5.74, 6) is -1.17. The fraction of sp³-hybridized carbons (Fsp3) is 0.571. The number of rotatable bonds is 4. The molecule has 0 aliphatic heterocycles. The average molecular weight is 197 g/mol. The van der Waals surface area contributed by atoms with E-state index in [1.165, 1.54) is 7.05 Å². The third kappa shape index (κ3) is 8.87. The van der Waals surface area contributed by atoms with E-state index >= 15 is 0 Å². The zero-order valence-corrected chi connectivity index (χ0v) is 7.01. The minimum absolute atomic E-state index is 0.0359. The van der Waals surface area contributed by atoms with Crippen LogP contribution in [-0.2, 0) is 4.79 Å². The summed E-state index contributed by atoms with van der Waals surface area (Å²) in [5.41, 5.74) is 0. The lowest BCUT2D eigenvalue weighted by Gasteiger charge is -2.15. The fourth-order valence-corrected chi connectivity index (χ4v) is 0.704. The van der Waals surface area contributed by atoms with E-state index in [0.717, 1.165) is 17.1 Å². The number of hydrogen-bond donors (Lipinski definition) is 1. The molecule has 0 amide bonds. The Hall–Kier alpha value is -1.04. The van der Waals surface area contributed by atoms with Crippen LogP contribution in [-0.4, -0.2) is 42.3 Å². The van der Waals surface area contributed by atoms with E-state index in [1.54, 1.807) is 0 Å². The van der Waals surface area contributed by atoms with Gasteiger partial charge in [-0.25, -0.2) is 4.79 Å². The highest BCUT2D eigenvalue weighted by molar-refractivity contribution is 5.79. The van der Waals surface area contributed by atoms with Crippen molar-refractivity contribution in [2.24, 2.45) is 0 Å². The van der Waals surface area contributed by atoms with E-state index in [-0.39, 0.29) is 6.54 Å². The molecule has 6 heteroatoms. The first-order valence-electron chi connectivity index (χ1n) is 3.46. The van der Waals surface area contributed by atoms with Crippen molar-refractivity contribution in [3.63, 3.8) is 0 Å². The molecule has 0 aromatic carbocycles. The molecule has 0 saturated heterocycles. The van der Waals surface area contributed by atoms with Crippen LogP contribution in [0.5, 0.6) is 0 Å². The van der Waals surface area contributed by atoms with Gasteiger partial charge >= 0.3 is 12.1 Å². The highest BCUT2D eigenvalue weighted by Crippen LogP contribution is 2.15. The van der Waals surface area contributed by atoms with Crippen LogP contribution in [0.2, 0.25) is 0 Å². The SMILES string of the molecule is CN(C/C=C\C(=O)O)CC(F)(F)F. The number of alkyl halides is 3. The van der Waals surface area contributed by atoms with E-state index < -0.39 is 18.7 Å². The van der Waals surface area contributed by atoms with Crippen LogP contribution < -0.4 is 0 Å². The molecule has 0 heterocycles. The summed E-state index contributed by atoms with van der Waals surface area (Å²) in [6.45, 7) is -1.08. The number of carbonyl (C=O) groups is 1. The monoisotopic (exact) mass is 197 g/mol. The Balaban J connectivity index is 3.76. The van der Waals surface area contributed by atoms with Gasteiger partial charge in [0.15, 0.2) is 0 Å². The molecule has 0 aliphatic rings. The van der Waals surface area contributed by atoms with Gasteiger partial charge in [0.25, 0.3) is 0 Å². The third-order valence-electron chi connectivity index (χ3n) is 1.13. The van der Waals surface area contributed by atoms with Gasteiger partial charge in [-0.2, -0.15) is 13.2 Å². The maximum absolute atomic E-state index is 11.7. The molecule has 0 aliphatic carbocycles. The van der Waals surface area contributed by atoms with E-state index in [2.05, 4.69) is 0 Å². The average Bonchev–Trinajstić information content (AvgIpc) is 1.81. The normalized spacial score (nSPS) is 12.7. The number of aliphatic carboxylic acids is 1. The van der Waals surface area contributed by atoms with E-state index in [1.807, 2.05) is 0 Å². The van der Waals surface area contributed by atoms with Crippen molar-refractivity contribution >= 4 is 5.97 Å². The summed E-state index contributed by atoms with van der Waals surface area (Å²) in [5, 5.41) is 8.13. The summed E-state index contributed by atoms with van der Waals surface area (Å²) >= 11 is 0. The van der Waals surface area contributed by atoms with Crippen LogP contribution in [0.3, 0.4) is 0 Å². The molecule has 0 aromatic rings. The molecule has 0 radical (unpaired) electrons. The van der Waals surface area contributed by atoms with Gasteiger partial charge in [0.2, 0.25) is 0 Å². The van der Waals surface area contributed by atoms with Gasteiger partial charge in [-0.3, -0.25) is 4.90 Å². The largest absolute Gasteiger partial charge is 0.478 e. The Morgan fingerprint density at radius 3 is 2.46 bits per heavy atom. The molecule has 0 unspecified atom stereocenters. The highest BCUT2D eigenvalue weighted by atomic mass is 19.4. The van der Waals surface area contributed by atoms with Crippen LogP contribution in [0.1, 0.15) is 0 Å². The number of nitrogens with zero attached hydrogens (tertiary/aromatic N) is 1. The van der Waals surface area contributed by atoms with Crippen molar-refractivity contribution in [3.8, 4) is 0 Å². The summed E-state index contributed by atoms with van der Waals surface area (Å²) in [6, 6.07) is 0. The lowest BCUT2D eigenvalue weighted by molar-refractivity contribution is -0.141. The van der Waals surface area contributed by atoms with E-state index in [4.69, 9.17) is 5.11 Å². The van der Waals surface area contributed by atoms with Gasteiger partial charge < -0.3 is 5.11 Å². The molecule has 0 atom stereocenters. The maximum Gasteiger partial charge on any atom is 0.401 e. The van der Waals surface area contributed by atoms with Crippen molar-refractivity contribution in [1.29, 1.82) is 0 Å². The summed E-state index contributed by atoms with van der Waals surface area (Å²) in [6.07, 6.45) is -2.27. The first kappa shape index (κ1) is 12.0. The molecule has 0 saturated carbocycles. The number of halogens is 3. The molecule has 0 fully saturated rings. The lowest BCUT2D eigenvalue weighted by atomic mass is 10.4. The molecule has 0 bridgehead atoms. The predicted octanol–water partition coefficient (Wildman–Crippen LogP) is 1.12. The van der Waals surface area contributed by atoms with Gasteiger partial charge in [-0.1, -0.05) is 6.08 Å². The second-order valence-corrected chi connectivity index (χ2v) is 2.55. The molecule has 1 N–H and O–H groups in total. The highest BCUT2D eigenvalue weighted by Gasteiger charge is 2.28. The number of carboxylic acid groups (broad SMARTS) is 1. The van der Waals surface area contributed by atoms with Crippen LogP contribution in [0, 0.1) is 0 Å². The molecule has 0 aromatic heterocycles. The molecular formula is C7H10F3NO2. The Morgan fingerprint density at radius 2 is 2.08 bits per heavy atom. The Bertz CT molecular complexity index is 200. The number of hydrogen-bond acceptors (Lipinski definition) is 2. The second kappa shape index (κ2) is 4.86. The van der Waals surface area contributed by atoms with Crippen LogP contribution >= 0.6 is 0 Å². The molecule has 76 valence electrons. The van der Waals surface area contributed by atoms with Gasteiger partial charge in [-0.15, -0.1) is 0 Å². The van der Waals surface area contributed by atoms with Gasteiger partial charge in [-0.05, 0) is 7.05 Å². The molecule has 0 rings (SSSR count). The summed E-state index contributed by atoms with van der Waals surface area (Å²) < 4.78 is 35.1. The van der Waals surface area contributed by atoms with Gasteiger partial charge in [0.05, 0.1) is 6.54 Å². The van der Waals surface area contributed by atoms with E-state index in [0.29, 0.717) is 0 Å². The van der Waals surface area contributed by atoms with Crippen molar-refractivity contribution in [2.75, 3.05) is 20.1 Å². The minimum atomic E-state index is -4.24. The third-order valence-corrected chi connectivity index (χ3v) is 1.13. The summed E-state index contributed by atoms with van der Waals surface area (Å²) in [7, 11) is 1.26. The predicted molar refractivity (Wildman–Crippen MR) is 40.3 cm³/mol. The number of carboxylic acids is 1. The molecular weight excluding hydrogens is 187 g/mol. The topological polar surface area (TPSA) is 40.5 Å². The van der Waals surface area contributed by atoms with Gasteiger partial charge in [0, 0.05) is 12.6 Å². The molecule has 0 spiro atoms. The van der Waals surface area contributed by atoms with Crippen molar-refractivity contribution in [2.45, 2.75) is 6.18 Å². The van der Waals surface area contributed by atoms with Crippen LogP contribution in [0.15, 0.2) is 12.2 Å². The van der Waals surface area contributed by atoms with Crippen LogP contribution in [0.4, 0.5) is 13.2 Å². The zero-order chi connectivity index (χ0) is 10.5. The van der Waals surface area contributed by atoms with Crippen molar-refractivity contribution in [3.05, 3.63) is 12.2 Å². The lowest BCUT2D eigenvalue weighted by Crippen LogP contribution is -2.31. The van der Waals surface area contributed by atoms with Crippen molar-refractivity contribution < 1.29 is 23.1 Å². The smallest absolute Gasteiger partial charge is 0.401 e. The van der Waals surface area contributed by atoms with Gasteiger partial charge in [0.1, 0.15) is 0 Å². The minimum Gasteiger partial charge on any atom is -0.478 e.